The highest BCUT2D eigenvalue weighted by Gasteiger charge is 2.03. The van der Waals surface area contributed by atoms with Crippen molar-refractivity contribution in [3.8, 4) is 0 Å². The molecule has 86 valence electrons. The van der Waals surface area contributed by atoms with Gasteiger partial charge >= 0.3 is 0 Å². The van der Waals surface area contributed by atoms with Crippen molar-refractivity contribution in [2.24, 2.45) is 0 Å². The number of aliphatic hydroxyl groups excluding tert-OH is 2. The zero-order valence-electron chi connectivity index (χ0n) is 9.22. The minimum atomic E-state index is -0.697. The van der Waals surface area contributed by atoms with Crippen LogP contribution in [0.3, 0.4) is 0 Å². The third-order valence-corrected chi connectivity index (χ3v) is 2.09. The molecule has 15 heavy (non-hydrogen) atoms. The van der Waals surface area contributed by atoms with Gasteiger partial charge in [-0.05, 0) is 19.9 Å². The molecule has 0 fully saturated rings. The molecule has 0 bridgehead atoms. The van der Waals surface area contributed by atoms with Crippen molar-refractivity contribution in [2.45, 2.75) is 32.5 Å². The first kappa shape index (κ1) is 12.2. The van der Waals surface area contributed by atoms with Crippen molar-refractivity contribution in [3.05, 3.63) is 18.0 Å². The second-order valence-corrected chi connectivity index (χ2v) is 3.85. The van der Waals surface area contributed by atoms with Gasteiger partial charge in [0.1, 0.15) is 0 Å². The summed E-state index contributed by atoms with van der Waals surface area (Å²) >= 11 is 0. The monoisotopic (exact) mass is 213 g/mol. The Morgan fingerprint density at radius 2 is 2.27 bits per heavy atom. The molecule has 0 aliphatic heterocycles. The van der Waals surface area contributed by atoms with Gasteiger partial charge in [-0.2, -0.15) is 5.10 Å². The van der Waals surface area contributed by atoms with E-state index in [2.05, 4.69) is 24.3 Å². The van der Waals surface area contributed by atoms with Crippen LogP contribution in [0.1, 0.15) is 25.6 Å². The first-order valence-electron chi connectivity index (χ1n) is 5.17. The van der Waals surface area contributed by atoms with Crippen LogP contribution in [0.5, 0.6) is 0 Å². The van der Waals surface area contributed by atoms with Crippen LogP contribution in [0.2, 0.25) is 0 Å². The fraction of sp³-hybridized carbons (Fsp3) is 0.700. The van der Waals surface area contributed by atoms with Crippen LogP contribution >= 0.6 is 0 Å². The molecule has 1 unspecified atom stereocenters. The van der Waals surface area contributed by atoms with Gasteiger partial charge in [-0.3, -0.25) is 4.68 Å². The Bertz CT molecular complexity index is 286. The fourth-order valence-electron chi connectivity index (χ4n) is 1.19. The lowest BCUT2D eigenvalue weighted by molar-refractivity contribution is 0.0941. The minimum Gasteiger partial charge on any atom is -0.394 e. The summed E-state index contributed by atoms with van der Waals surface area (Å²) < 4.78 is 1.89. The topological polar surface area (TPSA) is 70.3 Å². The van der Waals surface area contributed by atoms with E-state index in [0.29, 0.717) is 19.1 Å². The molecule has 0 aromatic carbocycles. The molecule has 0 amide bonds. The maximum atomic E-state index is 9.09. The fourth-order valence-corrected chi connectivity index (χ4v) is 1.19. The van der Waals surface area contributed by atoms with Crippen molar-refractivity contribution in [2.75, 3.05) is 13.2 Å². The molecule has 0 aliphatic carbocycles. The summed E-state index contributed by atoms with van der Waals surface area (Å²) in [6.45, 7) is 4.91. The van der Waals surface area contributed by atoms with E-state index >= 15 is 0 Å². The molecule has 0 saturated carbocycles. The van der Waals surface area contributed by atoms with Gasteiger partial charge in [0.25, 0.3) is 0 Å². The van der Waals surface area contributed by atoms with E-state index in [1.807, 2.05) is 16.9 Å². The molecule has 1 aromatic heterocycles. The van der Waals surface area contributed by atoms with E-state index in [9.17, 15) is 0 Å². The van der Waals surface area contributed by atoms with Gasteiger partial charge < -0.3 is 15.5 Å². The summed E-state index contributed by atoms with van der Waals surface area (Å²) in [7, 11) is 0. The number of hydrogen-bond donors (Lipinski definition) is 3. The third kappa shape index (κ3) is 3.99. The molecule has 5 heteroatoms. The van der Waals surface area contributed by atoms with Crippen molar-refractivity contribution in [1.82, 2.24) is 15.1 Å². The van der Waals surface area contributed by atoms with Crippen LogP contribution in [0.4, 0.5) is 0 Å². The highest BCUT2D eigenvalue weighted by molar-refractivity contribution is 4.99. The summed E-state index contributed by atoms with van der Waals surface area (Å²) in [5.41, 5.74) is 0.939. The predicted molar refractivity (Wildman–Crippen MR) is 57.4 cm³/mol. The standard InChI is InChI=1S/C10H19N3O2/c1-8(2)13-4-3-9(12-13)5-11-6-10(15)7-14/h3-4,8,10-11,14-15H,5-7H2,1-2H3. The Morgan fingerprint density at radius 3 is 2.80 bits per heavy atom. The molecule has 5 nitrogen and oxygen atoms in total. The molecule has 3 N–H and O–H groups in total. The van der Waals surface area contributed by atoms with Gasteiger partial charge in [-0.15, -0.1) is 0 Å². The Labute approximate surface area is 89.7 Å². The van der Waals surface area contributed by atoms with Crippen molar-refractivity contribution in [1.29, 1.82) is 0 Å². The highest BCUT2D eigenvalue weighted by atomic mass is 16.3. The summed E-state index contributed by atoms with van der Waals surface area (Å²) in [5.74, 6) is 0. The van der Waals surface area contributed by atoms with Gasteiger partial charge in [0.2, 0.25) is 0 Å². The third-order valence-electron chi connectivity index (χ3n) is 2.09. The van der Waals surface area contributed by atoms with E-state index in [0.717, 1.165) is 5.69 Å². The van der Waals surface area contributed by atoms with Crippen molar-refractivity contribution in [3.63, 3.8) is 0 Å². The average molecular weight is 213 g/mol. The lowest BCUT2D eigenvalue weighted by Gasteiger charge is -2.07. The summed E-state index contributed by atoms with van der Waals surface area (Å²) in [4.78, 5) is 0. The SMILES string of the molecule is CC(C)n1ccc(CNCC(O)CO)n1. The molecule has 0 spiro atoms. The lowest BCUT2D eigenvalue weighted by Crippen LogP contribution is -2.29. The van der Waals surface area contributed by atoms with Crippen LogP contribution in [0.15, 0.2) is 12.3 Å². The van der Waals surface area contributed by atoms with E-state index in [4.69, 9.17) is 10.2 Å². The zero-order valence-corrected chi connectivity index (χ0v) is 9.22. The van der Waals surface area contributed by atoms with E-state index in [-0.39, 0.29) is 6.61 Å². The molecule has 0 saturated heterocycles. The summed E-state index contributed by atoms with van der Waals surface area (Å²) in [5, 5.41) is 25.1. The Kier molecular flexibility index (Phi) is 4.74. The van der Waals surface area contributed by atoms with Gasteiger partial charge in [0, 0.05) is 25.3 Å². The lowest BCUT2D eigenvalue weighted by atomic mass is 10.3. The molecular weight excluding hydrogens is 194 g/mol. The van der Waals surface area contributed by atoms with Crippen LogP contribution < -0.4 is 5.32 Å². The van der Waals surface area contributed by atoms with Crippen LogP contribution in [-0.4, -0.2) is 39.2 Å². The molecule has 0 aliphatic rings. The first-order valence-corrected chi connectivity index (χ1v) is 5.17. The molecule has 0 radical (unpaired) electrons. The number of nitrogens with one attached hydrogen (secondary N) is 1. The first-order chi connectivity index (χ1) is 7.13. The largest absolute Gasteiger partial charge is 0.394 e. The normalized spacial score (nSPS) is 13.4. The van der Waals surface area contributed by atoms with Crippen molar-refractivity contribution < 1.29 is 10.2 Å². The van der Waals surface area contributed by atoms with E-state index in [1.54, 1.807) is 0 Å². The maximum absolute atomic E-state index is 9.09. The number of nitrogens with zero attached hydrogens (tertiary/aromatic N) is 2. The number of rotatable bonds is 6. The molecule has 1 heterocycles. The Balaban J connectivity index is 2.31. The summed E-state index contributed by atoms with van der Waals surface area (Å²) in [6, 6.07) is 2.31. The van der Waals surface area contributed by atoms with Crippen LogP contribution in [-0.2, 0) is 6.54 Å². The number of aliphatic hydroxyl groups is 2. The van der Waals surface area contributed by atoms with Gasteiger partial charge in [0.15, 0.2) is 0 Å². The molecule has 1 atom stereocenters. The zero-order chi connectivity index (χ0) is 11.3. The van der Waals surface area contributed by atoms with Gasteiger partial charge in [-0.1, -0.05) is 0 Å². The minimum absolute atomic E-state index is 0.215. The number of aromatic nitrogens is 2. The average Bonchev–Trinajstić information content (AvgIpc) is 2.66. The van der Waals surface area contributed by atoms with Crippen LogP contribution in [0, 0.1) is 0 Å². The summed E-state index contributed by atoms with van der Waals surface area (Å²) in [6.07, 6.45) is 1.24. The quantitative estimate of drug-likeness (QED) is 0.617. The van der Waals surface area contributed by atoms with E-state index in [1.165, 1.54) is 0 Å². The second kappa shape index (κ2) is 5.85. The molecular formula is C10H19N3O2. The second-order valence-electron chi connectivity index (χ2n) is 3.85. The van der Waals surface area contributed by atoms with E-state index < -0.39 is 6.10 Å². The highest BCUT2D eigenvalue weighted by Crippen LogP contribution is 2.03. The smallest absolute Gasteiger partial charge is 0.0895 e. The van der Waals surface area contributed by atoms with Crippen LogP contribution in [0.25, 0.3) is 0 Å². The van der Waals surface area contributed by atoms with Gasteiger partial charge in [0.05, 0.1) is 18.4 Å². The molecule has 1 rings (SSSR count). The number of hydrogen-bond acceptors (Lipinski definition) is 4. The van der Waals surface area contributed by atoms with Gasteiger partial charge in [-0.25, -0.2) is 0 Å². The molecule has 1 aromatic rings. The van der Waals surface area contributed by atoms with Crippen molar-refractivity contribution >= 4 is 0 Å². The Hall–Kier alpha value is -0.910. The Morgan fingerprint density at radius 1 is 1.53 bits per heavy atom. The predicted octanol–water partition coefficient (Wildman–Crippen LogP) is -0.0932. The maximum Gasteiger partial charge on any atom is 0.0895 e.